The van der Waals surface area contributed by atoms with Gasteiger partial charge in [-0.05, 0) is 25.0 Å². The second-order valence-electron chi connectivity index (χ2n) is 6.62. The summed E-state index contributed by atoms with van der Waals surface area (Å²) in [7, 11) is -3.28. The van der Waals surface area contributed by atoms with E-state index < -0.39 is 39.0 Å². The van der Waals surface area contributed by atoms with Gasteiger partial charge in [-0.1, -0.05) is 6.07 Å². The van der Waals surface area contributed by atoms with Crippen molar-refractivity contribution in [2.24, 2.45) is 0 Å². The third-order valence-electron chi connectivity index (χ3n) is 4.56. The molecule has 0 unspecified atom stereocenters. The van der Waals surface area contributed by atoms with E-state index in [1.807, 2.05) is 0 Å². The number of rotatable bonds is 5. The van der Waals surface area contributed by atoms with Crippen LogP contribution in [0.4, 0.5) is 14.5 Å². The number of hydrogen-bond donors (Lipinski definition) is 3. The lowest BCUT2D eigenvalue weighted by molar-refractivity contribution is 0.0919. The zero-order valence-electron chi connectivity index (χ0n) is 15.4. The molecule has 1 fully saturated rings. The highest BCUT2D eigenvalue weighted by atomic mass is 32.2. The van der Waals surface area contributed by atoms with E-state index in [0.29, 0.717) is 12.8 Å². The lowest BCUT2D eigenvalue weighted by Gasteiger charge is -2.30. The number of nitrogens with one attached hydrogen (secondary N) is 3. The number of piperidine rings is 1. The highest BCUT2D eigenvalue weighted by molar-refractivity contribution is 7.88. The Balaban J connectivity index is 0.00000320. The maximum Gasteiger partial charge on any atom is 0.271 e. The second-order valence-corrected chi connectivity index (χ2v) is 8.60. The first-order valence-electron chi connectivity index (χ1n) is 8.71. The third-order valence-corrected chi connectivity index (χ3v) is 5.87. The van der Waals surface area contributed by atoms with Gasteiger partial charge >= 0.3 is 0 Å². The van der Waals surface area contributed by atoms with Crippen molar-refractivity contribution in [3.63, 3.8) is 0 Å². The number of carbonyl (C=O) groups is 2. The van der Waals surface area contributed by atoms with Crippen molar-refractivity contribution in [2.75, 3.05) is 24.7 Å². The third kappa shape index (κ3) is 4.77. The molecule has 1 saturated heterocycles. The van der Waals surface area contributed by atoms with Crippen molar-refractivity contribution in [3.05, 3.63) is 47.3 Å². The Morgan fingerprint density at radius 2 is 1.83 bits per heavy atom. The smallest absolute Gasteiger partial charge is 0.271 e. The standard InChI is InChI=1S/C17H19F2N5O4S.H2/c1-29(27,28)24-7-5-10(6-8-24)21-17(26)15-13(9-20-23-15)22-16(25)14-11(18)3-2-4-12(14)19;/h2-4,9-10H,5-8H2,1H3,(H,20,23)(H,21,26)(H,22,25);1H. The largest absolute Gasteiger partial charge is 0.348 e. The molecule has 0 aliphatic carbocycles. The number of aromatic nitrogens is 2. The van der Waals surface area contributed by atoms with Gasteiger partial charge < -0.3 is 10.6 Å². The average Bonchev–Trinajstić information content (AvgIpc) is 3.09. The zero-order chi connectivity index (χ0) is 21.2. The summed E-state index contributed by atoms with van der Waals surface area (Å²) in [6, 6.07) is 2.76. The molecule has 9 nitrogen and oxygen atoms in total. The predicted molar refractivity (Wildman–Crippen MR) is 102 cm³/mol. The van der Waals surface area contributed by atoms with Gasteiger partial charge in [-0.25, -0.2) is 21.5 Å². The summed E-state index contributed by atoms with van der Waals surface area (Å²) in [6.45, 7) is 0.561. The quantitative estimate of drug-likeness (QED) is 0.662. The van der Waals surface area contributed by atoms with Gasteiger partial charge in [0.2, 0.25) is 10.0 Å². The van der Waals surface area contributed by atoms with Crippen molar-refractivity contribution in [1.29, 1.82) is 0 Å². The lowest BCUT2D eigenvalue weighted by Crippen LogP contribution is -2.46. The number of halogens is 2. The first kappa shape index (κ1) is 20.9. The van der Waals surface area contributed by atoms with E-state index in [2.05, 4.69) is 20.8 Å². The summed E-state index contributed by atoms with van der Waals surface area (Å²) in [6.07, 6.45) is 3.13. The Kier molecular flexibility index (Phi) is 5.94. The van der Waals surface area contributed by atoms with Crippen molar-refractivity contribution in [2.45, 2.75) is 18.9 Å². The Labute approximate surface area is 167 Å². The second kappa shape index (κ2) is 8.25. The van der Waals surface area contributed by atoms with E-state index in [-0.39, 0.29) is 31.9 Å². The van der Waals surface area contributed by atoms with E-state index >= 15 is 0 Å². The van der Waals surface area contributed by atoms with Crippen LogP contribution in [0.25, 0.3) is 0 Å². The first-order valence-corrected chi connectivity index (χ1v) is 10.6. The molecule has 0 spiro atoms. The highest BCUT2D eigenvalue weighted by Gasteiger charge is 2.27. The number of hydrogen-bond acceptors (Lipinski definition) is 5. The van der Waals surface area contributed by atoms with Gasteiger partial charge in [0.25, 0.3) is 11.8 Å². The zero-order valence-corrected chi connectivity index (χ0v) is 16.2. The molecule has 2 aromatic rings. The molecule has 3 rings (SSSR count). The van der Waals surface area contributed by atoms with Crippen LogP contribution in [0.1, 0.15) is 35.1 Å². The van der Waals surface area contributed by atoms with Crippen LogP contribution in [0.5, 0.6) is 0 Å². The minimum Gasteiger partial charge on any atom is -0.348 e. The number of benzene rings is 1. The summed E-state index contributed by atoms with van der Waals surface area (Å²) in [4.78, 5) is 24.7. The number of carbonyl (C=O) groups excluding carboxylic acids is 2. The molecule has 2 amide bonds. The van der Waals surface area contributed by atoms with Crippen molar-refractivity contribution >= 4 is 27.5 Å². The van der Waals surface area contributed by atoms with E-state index in [9.17, 15) is 26.8 Å². The van der Waals surface area contributed by atoms with Gasteiger partial charge in [-0.3, -0.25) is 14.7 Å². The van der Waals surface area contributed by atoms with Crippen molar-refractivity contribution in [3.8, 4) is 0 Å². The number of nitrogens with zero attached hydrogens (tertiary/aromatic N) is 2. The Morgan fingerprint density at radius 1 is 1.21 bits per heavy atom. The number of aromatic amines is 1. The van der Waals surface area contributed by atoms with Crippen LogP contribution in [-0.4, -0.2) is 60.1 Å². The SMILES string of the molecule is CS(=O)(=O)N1CCC(NC(=O)c2[nH]ncc2NC(=O)c2c(F)cccc2F)CC1.[HH]. The monoisotopic (exact) mass is 429 g/mol. The summed E-state index contributed by atoms with van der Waals surface area (Å²) >= 11 is 0. The van der Waals surface area contributed by atoms with E-state index in [1.54, 1.807) is 0 Å². The van der Waals surface area contributed by atoms with Crippen LogP contribution in [0.15, 0.2) is 24.4 Å². The summed E-state index contributed by atoms with van der Waals surface area (Å²) in [5, 5.41) is 11.2. The van der Waals surface area contributed by atoms with Gasteiger partial charge in [-0.15, -0.1) is 0 Å². The molecule has 1 aliphatic heterocycles. The fourth-order valence-electron chi connectivity index (χ4n) is 3.04. The summed E-state index contributed by atoms with van der Waals surface area (Å²) < 4.78 is 52.0. The van der Waals surface area contributed by atoms with Crippen LogP contribution < -0.4 is 10.6 Å². The molecule has 0 bridgehead atoms. The molecular weight excluding hydrogens is 408 g/mol. The van der Waals surface area contributed by atoms with Crippen LogP contribution in [0, 0.1) is 11.6 Å². The molecule has 1 aromatic carbocycles. The Hall–Kier alpha value is -2.86. The average molecular weight is 429 g/mol. The van der Waals surface area contributed by atoms with Gasteiger partial charge in [0.05, 0.1) is 18.1 Å². The van der Waals surface area contributed by atoms with Crippen LogP contribution in [-0.2, 0) is 10.0 Å². The van der Waals surface area contributed by atoms with E-state index in [1.165, 1.54) is 4.31 Å². The number of sulfonamides is 1. The molecule has 12 heteroatoms. The van der Waals surface area contributed by atoms with E-state index in [4.69, 9.17) is 0 Å². The fourth-order valence-corrected chi connectivity index (χ4v) is 3.92. The Bertz CT molecular complexity index is 1020. The van der Waals surface area contributed by atoms with Crippen molar-refractivity contribution < 1.29 is 28.2 Å². The predicted octanol–water partition coefficient (Wildman–Crippen LogP) is 1.34. The molecule has 1 aromatic heterocycles. The molecule has 3 N–H and O–H groups in total. The Morgan fingerprint density at radius 3 is 2.41 bits per heavy atom. The maximum absolute atomic E-state index is 13.8. The molecule has 29 heavy (non-hydrogen) atoms. The molecule has 1 aliphatic rings. The topological polar surface area (TPSA) is 124 Å². The summed E-state index contributed by atoms with van der Waals surface area (Å²) in [5.74, 6) is -3.70. The van der Waals surface area contributed by atoms with Crippen LogP contribution in [0.3, 0.4) is 0 Å². The van der Waals surface area contributed by atoms with Gasteiger partial charge in [0, 0.05) is 20.6 Å². The molecule has 0 atom stereocenters. The number of anilines is 1. The minimum absolute atomic E-state index is 0. The van der Waals surface area contributed by atoms with Crippen molar-refractivity contribution in [1.82, 2.24) is 19.8 Å². The lowest BCUT2D eigenvalue weighted by atomic mass is 10.1. The van der Waals surface area contributed by atoms with Gasteiger partial charge in [-0.2, -0.15) is 5.10 Å². The summed E-state index contributed by atoms with van der Waals surface area (Å²) in [5.41, 5.74) is -0.891. The van der Waals surface area contributed by atoms with Crippen LogP contribution >= 0.6 is 0 Å². The maximum atomic E-state index is 13.8. The number of amides is 2. The minimum atomic E-state index is -3.28. The molecule has 158 valence electrons. The molecule has 0 saturated carbocycles. The van der Waals surface area contributed by atoms with E-state index in [0.717, 1.165) is 30.7 Å². The normalized spacial score (nSPS) is 15.8. The van der Waals surface area contributed by atoms with Gasteiger partial charge in [0.15, 0.2) is 0 Å². The van der Waals surface area contributed by atoms with Gasteiger partial charge in [0.1, 0.15) is 22.9 Å². The first-order chi connectivity index (χ1) is 13.7. The molecule has 2 heterocycles. The molecule has 0 radical (unpaired) electrons. The molecular formula is C17H21F2N5O4S. The number of H-pyrrole nitrogens is 1. The van der Waals surface area contributed by atoms with Crippen LogP contribution in [0.2, 0.25) is 0 Å². The highest BCUT2D eigenvalue weighted by Crippen LogP contribution is 2.18. The fraction of sp³-hybridized carbons (Fsp3) is 0.353.